The third-order valence-electron chi connectivity index (χ3n) is 2.32. The summed E-state index contributed by atoms with van der Waals surface area (Å²) in [5, 5.41) is 2.59. The van der Waals surface area contributed by atoms with E-state index in [1.54, 1.807) is 11.8 Å². The van der Waals surface area contributed by atoms with Gasteiger partial charge in [-0.15, -0.1) is 0 Å². The third kappa shape index (κ3) is 3.58. The van der Waals surface area contributed by atoms with Crippen LogP contribution in [0.3, 0.4) is 0 Å². The molecule has 15 heavy (non-hydrogen) atoms. The van der Waals surface area contributed by atoms with Gasteiger partial charge in [0.15, 0.2) is 0 Å². The Kier molecular flexibility index (Phi) is 3.79. The molecule has 86 valence electrons. The Hall–Kier alpha value is -0.970. The molecule has 1 saturated heterocycles. The summed E-state index contributed by atoms with van der Waals surface area (Å²) < 4.78 is 25.6. The lowest BCUT2D eigenvalue weighted by Crippen LogP contribution is -2.32. The molecule has 0 spiro atoms. The Morgan fingerprint density at radius 1 is 1.60 bits per heavy atom. The maximum atomic E-state index is 12.8. The normalized spacial score (nSPS) is 20.2. The Morgan fingerprint density at radius 3 is 2.73 bits per heavy atom. The van der Waals surface area contributed by atoms with Crippen molar-refractivity contribution >= 4 is 5.91 Å². The Balaban J connectivity index is 2.37. The SMILES string of the molecule is C=C(CN1CCC(F)(F)C1)C(=O)NCC. The molecule has 0 aromatic carbocycles. The van der Waals surface area contributed by atoms with Crippen LogP contribution < -0.4 is 5.32 Å². The van der Waals surface area contributed by atoms with Gasteiger partial charge in [-0.05, 0) is 6.92 Å². The van der Waals surface area contributed by atoms with Gasteiger partial charge in [0.1, 0.15) is 0 Å². The van der Waals surface area contributed by atoms with Gasteiger partial charge in [0, 0.05) is 31.6 Å². The van der Waals surface area contributed by atoms with Crippen molar-refractivity contribution < 1.29 is 13.6 Å². The van der Waals surface area contributed by atoms with Crippen LogP contribution in [0, 0.1) is 0 Å². The maximum Gasteiger partial charge on any atom is 0.261 e. The van der Waals surface area contributed by atoms with E-state index in [2.05, 4.69) is 11.9 Å². The molecule has 0 radical (unpaired) electrons. The Bertz CT molecular complexity index is 266. The van der Waals surface area contributed by atoms with Crippen molar-refractivity contribution in [3.05, 3.63) is 12.2 Å². The molecule has 0 aromatic rings. The van der Waals surface area contributed by atoms with Crippen LogP contribution in [0.4, 0.5) is 8.78 Å². The molecule has 0 aromatic heterocycles. The molecule has 0 bridgehead atoms. The van der Waals surface area contributed by atoms with E-state index in [0.717, 1.165) is 0 Å². The van der Waals surface area contributed by atoms with Crippen molar-refractivity contribution in [3.63, 3.8) is 0 Å². The lowest BCUT2D eigenvalue weighted by molar-refractivity contribution is -0.117. The Labute approximate surface area is 88.1 Å². The van der Waals surface area contributed by atoms with Gasteiger partial charge in [-0.25, -0.2) is 8.78 Å². The minimum Gasteiger partial charge on any atom is -0.353 e. The predicted octanol–water partition coefficient (Wildman–Crippen LogP) is 1.02. The molecule has 0 saturated carbocycles. The molecule has 0 unspecified atom stereocenters. The van der Waals surface area contributed by atoms with Crippen LogP contribution in [0.5, 0.6) is 0 Å². The van der Waals surface area contributed by atoms with E-state index in [4.69, 9.17) is 0 Å². The van der Waals surface area contributed by atoms with Gasteiger partial charge < -0.3 is 5.32 Å². The zero-order valence-electron chi connectivity index (χ0n) is 8.85. The number of amides is 1. The number of halogens is 2. The lowest BCUT2D eigenvalue weighted by Gasteiger charge is -2.16. The molecule has 5 heteroatoms. The van der Waals surface area contributed by atoms with Crippen LogP contribution >= 0.6 is 0 Å². The average Bonchev–Trinajstić information content (AvgIpc) is 2.46. The highest BCUT2D eigenvalue weighted by Crippen LogP contribution is 2.26. The average molecular weight is 218 g/mol. The van der Waals surface area contributed by atoms with E-state index in [-0.39, 0.29) is 25.4 Å². The summed E-state index contributed by atoms with van der Waals surface area (Å²) in [6.45, 7) is 6.18. The number of likely N-dealkylation sites (N-methyl/N-ethyl adjacent to an activating group) is 1. The highest BCUT2D eigenvalue weighted by Gasteiger charge is 2.38. The summed E-state index contributed by atoms with van der Waals surface area (Å²) in [7, 11) is 0. The fraction of sp³-hybridized carbons (Fsp3) is 0.700. The smallest absolute Gasteiger partial charge is 0.261 e. The van der Waals surface area contributed by atoms with Crippen LogP contribution in [0.1, 0.15) is 13.3 Å². The standard InChI is InChI=1S/C10H16F2N2O/c1-3-13-9(15)8(2)6-14-5-4-10(11,12)7-14/h2-7H2,1H3,(H,13,15). The largest absolute Gasteiger partial charge is 0.353 e. The summed E-state index contributed by atoms with van der Waals surface area (Å²) >= 11 is 0. The highest BCUT2D eigenvalue weighted by molar-refractivity contribution is 5.93. The van der Waals surface area contributed by atoms with Crippen molar-refractivity contribution in [3.8, 4) is 0 Å². The second kappa shape index (κ2) is 4.70. The van der Waals surface area contributed by atoms with Crippen LogP contribution in [0.25, 0.3) is 0 Å². The molecule has 1 heterocycles. The zero-order valence-corrected chi connectivity index (χ0v) is 8.85. The number of likely N-dealkylation sites (tertiary alicyclic amines) is 1. The van der Waals surface area contributed by atoms with Crippen molar-refractivity contribution in [2.45, 2.75) is 19.3 Å². The first-order chi connectivity index (χ1) is 6.94. The van der Waals surface area contributed by atoms with E-state index in [1.165, 1.54) is 0 Å². The highest BCUT2D eigenvalue weighted by atomic mass is 19.3. The van der Waals surface area contributed by atoms with Gasteiger partial charge in [-0.2, -0.15) is 0 Å². The van der Waals surface area contributed by atoms with Gasteiger partial charge in [0.25, 0.3) is 5.92 Å². The van der Waals surface area contributed by atoms with E-state index in [1.807, 2.05) is 0 Å². The number of alkyl halides is 2. The molecule has 1 N–H and O–H groups in total. The number of rotatable bonds is 4. The van der Waals surface area contributed by atoms with Crippen LogP contribution in [0.2, 0.25) is 0 Å². The molecule has 1 aliphatic heterocycles. The van der Waals surface area contributed by atoms with E-state index >= 15 is 0 Å². The van der Waals surface area contributed by atoms with E-state index in [0.29, 0.717) is 18.7 Å². The number of nitrogens with one attached hydrogen (secondary N) is 1. The molecular weight excluding hydrogens is 202 g/mol. The molecular formula is C10H16F2N2O. The monoisotopic (exact) mass is 218 g/mol. The first-order valence-electron chi connectivity index (χ1n) is 5.01. The lowest BCUT2D eigenvalue weighted by atomic mass is 10.2. The molecule has 1 aliphatic rings. The number of hydrogen-bond acceptors (Lipinski definition) is 2. The second-order valence-electron chi connectivity index (χ2n) is 3.78. The molecule has 0 aliphatic carbocycles. The van der Waals surface area contributed by atoms with E-state index in [9.17, 15) is 13.6 Å². The summed E-state index contributed by atoms with van der Waals surface area (Å²) in [5.41, 5.74) is 0.342. The minimum absolute atomic E-state index is 0.129. The number of nitrogens with zero attached hydrogens (tertiary/aromatic N) is 1. The third-order valence-corrected chi connectivity index (χ3v) is 2.32. The molecule has 1 rings (SSSR count). The summed E-state index contributed by atoms with van der Waals surface area (Å²) in [4.78, 5) is 12.8. The van der Waals surface area contributed by atoms with Crippen molar-refractivity contribution in [1.82, 2.24) is 10.2 Å². The number of hydrogen-bond donors (Lipinski definition) is 1. The van der Waals surface area contributed by atoms with Gasteiger partial charge in [-0.1, -0.05) is 6.58 Å². The topological polar surface area (TPSA) is 32.3 Å². The Morgan fingerprint density at radius 2 is 2.27 bits per heavy atom. The quantitative estimate of drug-likeness (QED) is 0.714. The predicted molar refractivity (Wildman–Crippen MR) is 53.8 cm³/mol. The maximum absolute atomic E-state index is 12.8. The fourth-order valence-electron chi connectivity index (χ4n) is 1.57. The summed E-state index contributed by atoms with van der Waals surface area (Å²) in [6, 6.07) is 0. The van der Waals surface area contributed by atoms with Crippen molar-refractivity contribution in [2.75, 3.05) is 26.2 Å². The van der Waals surface area contributed by atoms with Crippen molar-refractivity contribution in [2.24, 2.45) is 0 Å². The molecule has 3 nitrogen and oxygen atoms in total. The summed E-state index contributed by atoms with van der Waals surface area (Å²) in [6.07, 6.45) is -0.129. The van der Waals surface area contributed by atoms with Crippen LogP contribution in [-0.4, -0.2) is 42.9 Å². The second-order valence-corrected chi connectivity index (χ2v) is 3.78. The van der Waals surface area contributed by atoms with E-state index < -0.39 is 5.92 Å². The van der Waals surface area contributed by atoms with Crippen molar-refractivity contribution in [1.29, 1.82) is 0 Å². The van der Waals surface area contributed by atoms with Crippen LogP contribution in [0.15, 0.2) is 12.2 Å². The zero-order chi connectivity index (χ0) is 11.5. The summed E-state index contributed by atoms with van der Waals surface area (Å²) in [5.74, 6) is -2.87. The minimum atomic E-state index is -2.61. The van der Waals surface area contributed by atoms with Crippen LogP contribution in [-0.2, 0) is 4.79 Å². The molecule has 1 amide bonds. The van der Waals surface area contributed by atoms with Gasteiger partial charge in [-0.3, -0.25) is 9.69 Å². The first kappa shape index (κ1) is 12.1. The van der Waals surface area contributed by atoms with Gasteiger partial charge in [0.2, 0.25) is 5.91 Å². The number of carbonyl (C=O) groups is 1. The fourth-order valence-corrected chi connectivity index (χ4v) is 1.57. The molecule has 1 fully saturated rings. The molecule has 0 atom stereocenters. The number of carbonyl (C=O) groups excluding carboxylic acids is 1. The first-order valence-corrected chi connectivity index (χ1v) is 5.01. The van der Waals surface area contributed by atoms with Gasteiger partial charge in [0.05, 0.1) is 6.54 Å². The van der Waals surface area contributed by atoms with Gasteiger partial charge >= 0.3 is 0 Å².